The maximum atomic E-state index is 13.1. The number of amides is 1. The van der Waals surface area contributed by atoms with Gasteiger partial charge in [-0.25, -0.2) is 9.97 Å². The van der Waals surface area contributed by atoms with Gasteiger partial charge in [-0.2, -0.15) is 0 Å². The highest BCUT2D eigenvalue weighted by atomic mass is 32.1. The number of thiophene rings is 1. The van der Waals surface area contributed by atoms with Gasteiger partial charge < -0.3 is 10.2 Å². The second-order valence-corrected chi connectivity index (χ2v) is 8.97. The van der Waals surface area contributed by atoms with Crippen LogP contribution in [0.4, 0.5) is 11.5 Å². The molecule has 0 radical (unpaired) electrons. The molecule has 0 spiro atoms. The zero-order valence-electron chi connectivity index (χ0n) is 17.1. The first-order valence-corrected chi connectivity index (χ1v) is 11.1. The van der Waals surface area contributed by atoms with Crippen molar-refractivity contribution in [1.82, 2.24) is 15.0 Å². The lowest BCUT2D eigenvalue weighted by molar-refractivity contribution is 0.103. The van der Waals surface area contributed by atoms with E-state index in [-0.39, 0.29) is 5.91 Å². The molecule has 3 aromatic heterocycles. The third kappa shape index (κ3) is 3.39. The van der Waals surface area contributed by atoms with Gasteiger partial charge in [-0.05, 0) is 43.4 Å². The summed E-state index contributed by atoms with van der Waals surface area (Å²) >= 11 is 1.42. The molecule has 6 nitrogen and oxygen atoms in total. The van der Waals surface area contributed by atoms with Crippen molar-refractivity contribution < 1.29 is 4.79 Å². The Kier molecular flexibility index (Phi) is 4.83. The molecule has 30 heavy (non-hydrogen) atoms. The van der Waals surface area contributed by atoms with Gasteiger partial charge in [-0.1, -0.05) is 25.1 Å². The molecule has 0 bridgehead atoms. The highest BCUT2D eigenvalue weighted by Gasteiger charge is 2.24. The van der Waals surface area contributed by atoms with Gasteiger partial charge in [-0.3, -0.25) is 9.78 Å². The van der Waals surface area contributed by atoms with Crippen molar-refractivity contribution in [2.24, 2.45) is 5.92 Å². The Morgan fingerprint density at radius 2 is 1.97 bits per heavy atom. The van der Waals surface area contributed by atoms with Crippen molar-refractivity contribution in [3.05, 3.63) is 53.3 Å². The fraction of sp³-hybridized carbons (Fsp3) is 0.304. The predicted molar refractivity (Wildman–Crippen MR) is 122 cm³/mol. The van der Waals surface area contributed by atoms with Crippen LogP contribution in [0.25, 0.3) is 21.1 Å². The number of pyridine rings is 1. The molecule has 0 atom stereocenters. The van der Waals surface area contributed by atoms with E-state index in [1.807, 2.05) is 37.3 Å². The number of anilines is 2. The van der Waals surface area contributed by atoms with E-state index in [9.17, 15) is 4.79 Å². The van der Waals surface area contributed by atoms with E-state index >= 15 is 0 Å². The first-order chi connectivity index (χ1) is 14.6. The summed E-state index contributed by atoms with van der Waals surface area (Å²) in [5, 5.41) is 5.00. The Bertz CT molecular complexity index is 1240. The van der Waals surface area contributed by atoms with Crippen LogP contribution >= 0.6 is 11.3 Å². The average Bonchev–Trinajstić information content (AvgIpc) is 3.11. The molecule has 5 rings (SSSR count). The number of carbonyl (C=O) groups is 1. The number of hydrogen-bond acceptors (Lipinski definition) is 6. The quantitative estimate of drug-likeness (QED) is 0.506. The largest absolute Gasteiger partial charge is 0.356 e. The highest BCUT2D eigenvalue weighted by molar-refractivity contribution is 7.20. The zero-order valence-corrected chi connectivity index (χ0v) is 17.9. The maximum absolute atomic E-state index is 13.1. The number of benzene rings is 1. The minimum Gasteiger partial charge on any atom is -0.356 e. The monoisotopic (exact) mass is 417 g/mol. The van der Waals surface area contributed by atoms with Gasteiger partial charge in [-0.15, -0.1) is 11.3 Å². The van der Waals surface area contributed by atoms with Crippen LogP contribution in [0.2, 0.25) is 0 Å². The molecule has 1 saturated heterocycles. The SMILES string of the molecule is Cc1c(C(=O)Nc2cnc3ccccc3c2)sc2ncnc(N3CCC(C)CC3)c12. The predicted octanol–water partition coefficient (Wildman–Crippen LogP) is 5.04. The standard InChI is InChI=1S/C23H23N5OS/c1-14-7-9-28(10-8-14)21-19-15(2)20(30-23(19)26-13-25-21)22(29)27-17-11-16-5-3-4-6-18(16)24-12-17/h3-6,11-14H,7-10H2,1-2H3,(H,27,29). The third-order valence-electron chi connectivity index (χ3n) is 5.84. The number of carbonyl (C=O) groups excluding carboxylic acids is 1. The smallest absolute Gasteiger partial charge is 0.266 e. The topological polar surface area (TPSA) is 71.0 Å². The molecule has 1 aliphatic rings. The Morgan fingerprint density at radius 3 is 2.80 bits per heavy atom. The lowest BCUT2D eigenvalue weighted by atomic mass is 9.99. The highest BCUT2D eigenvalue weighted by Crippen LogP contribution is 2.36. The summed E-state index contributed by atoms with van der Waals surface area (Å²) in [7, 11) is 0. The van der Waals surface area contributed by atoms with Crippen molar-refractivity contribution in [3.8, 4) is 0 Å². The van der Waals surface area contributed by atoms with Gasteiger partial charge in [0, 0.05) is 18.5 Å². The van der Waals surface area contributed by atoms with Crippen LogP contribution in [-0.4, -0.2) is 33.9 Å². The van der Waals surface area contributed by atoms with E-state index in [1.54, 1.807) is 12.5 Å². The first kappa shape index (κ1) is 18.9. The normalized spacial score (nSPS) is 15.1. The molecule has 4 aromatic rings. The van der Waals surface area contributed by atoms with Crippen molar-refractivity contribution in [3.63, 3.8) is 0 Å². The van der Waals surface area contributed by atoms with Gasteiger partial charge in [0.05, 0.1) is 27.7 Å². The lowest BCUT2D eigenvalue weighted by Crippen LogP contribution is -2.33. The number of nitrogens with zero attached hydrogens (tertiary/aromatic N) is 4. The lowest BCUT2D eigenvalue weighted by Gasteiger charge is -2.31. The molecule has 152 valence electrons. The molecule has 1 aromatic carbocycles. The van der Waals surface area contributed by atoms with Crippen LogP contribution in [0, 0.1) is 12.8 Å². The number of nitrogens with one attached hydrogen (secondary N) is 1. The molecule has 7 heteroatoms. The summed E-state index contributed by atoms with van der Waals surface area (Å²) in [6.07, 6.45) is 5.64. The van der Waals surface area contributed by atoms with Crippen molar-refractivity contribution in [2.75, 3.05) is 23.3 Å². The second kappa shape index (κ2) is 7.65. The molecule has 1 fully saturated rings. The summed E-state index contributed by atoms with van der Waals surface area (Å²) in [6, 6.07) is 9.81. The number of rotatable bonds is 3. The number of hydrogen-bond donors (Lipinski definition) is 1. The zero-order chi connectivity index (χ0) is 20.7. The summed E-state index contributed by atoms with van der Waals surface area (Å²) in [5.41, 5.74) is 2.53. The Morgan fingerprint density at radius 1 is 1.17 bits per heavy atom. The van der Waals surface area contributed by atoms with Gasteiger partial charge in [0.1, 0.15) is 17.0 Å². The summed E-state index contributed by atoms with van der Waals surface area (Å²) in [4.78, 5) is 30.4. The third-order valence-corrected chi connectivity index (χ3v) is 7.04. The van der Waals surface area contributed by atoms with Gasteiger partial charge in [0.2, 0.25) is 0 Å². The Hall–Kier alpha value is -3.06. The fourth-order valence-corrected chi connectivity index (χ4v) is 5.10. The summed E-state index contributed by atoms with van der Waals surface area (Å²) < 4.78 is 0. The van der Waals surface area contributed by atoms with E-state index < -0.39 is 0 Å². The summed E-state index contributed by atoms with van der Waals surface area (Å²) in [6.45, 7) is 6.28. The van der Waals surface area contributed by atoms with Gasteiger partial charge in [0.15, 0.2) is 0 Å². The molecule has 0 aliphatic carbocycles. The van der Waals surface area contributed by atoms with Crippen LogP contribution in [0.3, 0.4) is 0 Å². The van der Waals surface area contributed by atoms with Crippen LogP contribution in [0.5, 0.6) is 0 Å². The second-order valence-electron chi connectivity index (χ2n) is 7.97. The first-order valence-electron chi connectivity index (χ1n) is 10.3. The number of aryl methyl sites for hydroxylation is 1. The van der Waals surface area contributed by atoms with E-state index in [0.717, 1.165) is 64.3 Å². The molecule has 0 unspecified atom stereocenters. The van der Waals surface area contributed by atoms with Gasteiger partial charge >= 0.3 is 0 Å². The van der Waals surface area contributed by atoms with Gasteiger partial charge in [0.25, 0.3) is 5.91 Å². The summed E-state index contributed by atoms with van der Waals surface area (Å²) in [5.74, 6) is 1.57. The number of aromatic nitrogens is 3. The fourth-order valence-electron chi connectivity index (χ4n) is 4.06. The number of fused-ring (bicyclic) bond motifs is 2. The van der Waals surface area contributed by atoms with Crippen LogP contribution in [-0.2, 0) is 0 Å². The van der Waals surface area contributed by atoms with E-state index in [0.29, 0.717) is 10.6 Å². The number of piperidine rings is 1. The Labute approximate surface area is 179 Å². The molecule has 0 saturated carbocycles. The number of para-hydroxylation sites is 1. The molecular formula is C23H23N5OS. The van der Waals surface area contributed by atoms with Crippen LogP contribution < -0.4 is 10.2 Å². The Balaban J connectivity index is 1.47. The van der Waals surface area contributed by atoms with Crippen molar-refractivity contribution in [2.45, 2.75) is 26.7 Å². The van der Waals surface area contributed by atoms with Crippen LogP contribution in [0.1, 0.15) is 35.0 Å². The maximum Gasteiger partial charge on any atom is 0.266 e. The average molecular weight is 418 g/mol. The van der Waals surface area contributed by atoms with E-state index in [4.69, 9.17) is 0 Å². The van der Waals surface area contributed by atoms with Crippen LogP contribution in [0.15, 0.2) is 42.9 Å². The van der Waals surface area contributed by atoms with E-state index in [2.05, 4.69) is 32.1 Å². The van der Waals surface area contributed by atoms with Crippen molar-refractivity contribution in [1.29, 1.82) is 0 Å². The van der Waals surface area contributed by atoms with Crippen molar-refractivity contribution >= 4 is 49.9 Å². The molecule has 1 N–H and O–H groups in total. The molecular weight excluding hydrogens is 394 g/mol. The molecule has 1 aliphatic heterocycles. The molecule has 1 amide bonds. The minimum atomic E-state index is -0.134. The van der Waals surface area contributed by atoms with E-state index in [1.165, 1.54) is 11.3 Å². The minimum absolute atomic E-state index is 0.134. The molecule has 4 heterocycles.